The topological polar surface area (TPSA) is 17.1 Å². The summed E-state index contributed by atoms with van der Waals surface area (Å²) in [6.07, 6.45) is 1.48. The van der Waals surface area contributed by atoms with Gasteiger partial charge in [0.15, 0.2) is 0 Å². The van der Waals surface area contributed by atoms with Crippen LogP contribution >= 0.6 is 15.9 Å². The van der Waals surface area contributed by atoms with E-state index in [0.717, 1.165) is 10.9 Å². The molecule has 0 heterocycles. The van der Waals surface area contributed by atoms with Crippen LogP contribution in [0, 0.1) is 5.92 Å². The third kappa shape index (κ3) is 3.26. The summed E-state index contributed by atoms with van der Waals surface area (Å²) in [5, 5.41) is 0. The fourth-order valence-electron chi connectivity index (χ4n) is 1.44. The standard InChI is InChI=1S/C12H15BrO/c1-3-12(14)9(2)8-10-4-6-11(13)7-5-10/h4-7,9H,3,8H2,1-2H3. The van der Waals surface area contributed by atoms with Crippen molar-refractivity contribution in [2.45, 2.75) is 26.7 Å². The molecule has 0 amide bonds. The second kappa shape index (κ2) is 5.30. The lowest BCUT2D eigenvalue weighted by atomic mass is 9.96. The number of carbonyl (C=O) groups excluding carboxylic acids is 1. The largest absolute Gasteiger partial charge is 0.299 e. The third-order valence-electron chi connectivity index (χ3n) is 2.35. The van der Waals surface area contributed by atoms with E-state index in [1.54, 1.807) is 0 Å². The highest BCUT2D eigenvalue weighted by molar-refractivity contribution is 9.10. The van der Waals surface area contributed by atoms with Crippen LogP contribution in [0.3, 0.4) is 0 Å². The number of ketones is 1. The predicted octanol–water partition coefficient (Wildman–Crippen LogP) is 3.61. The van der Waals surface area contributed by atoms with Gasteiger partial charge in [-0.05, 0) is 24.1 Å². The predicted molar refractivity (Wildman–Crippen MR) is 62.3 cm³/mol. The Morgan fingerprint density at radius 2 is 1.93 bits per heavy atom. The van der Waals surface area contributed by atoms with Gasteiger partial charge in [0, 0.05) is 16.8 Å². The highest BCUT2D eigenvalue weighted by Crippen LogP contribution is 2.14. The van der Waals surface area contributed by atoms with Crippen molar-refractivity contribution in [2.75, 3.05) is 0 Å². The van der Waals surface area contributed by atoms with E-state index in [4.69, 9.17) is 0 Å². The minimum Gasteiger partial charge on any atom is -0.299 e. The molecule has 0 aliphatic rings. The summed E-state index contributed by atoms with van der Waals surface area (Å²) in [6, 6.07) is 8.14. The van der Waals surface area contributed by atoms with Crippen LogP contribution in [0.15, 0.2) is 28.7 Å². The monoisotopic (exact) mass is 254 g/mol. The molecule has 0 aliphatic carbocycles. The lowest BCUT2D eigenvalue weighted by molar-refractivity contribution is -0.122. The first-order valence-corrected chi connectivity index (χ1v) is 5.70. The Morgan fingerprint density at radius 1 is 1.36 bits per heavy atom. The molecule has 0 bridgehead atoms. The van der Waals surface area contributed by atoms with E-state index < -0.39 is 0 Å². The van der Waals surface area contributed by atoms with E-state index in [1.807, 2.05) is 26.0 Å². The Kier molecular flexibility index (Phi) is 4.33. The molecule has 2 heteroatoms. The zero-order valence-electron chi connectivity index (χ0n) is 8.59. The van der Waals surface area contributed by atoms with Crippen molar-refractivity contribution in [3.8, 4) is 0 Å². The average molecular weight is 255 g/mol. The van der Waals surface area contributed by atoms with Crippen molar-refractivity contribution in [1.82, 2.24) is 0 Å². The van der Waals surface area contributed by atoms with Gasteiger partial charge in [0.1, 0.15) is 5.78 Å². The molecule has 14 heavy (non-hydrogen) atoms. The zero-order chi connectivity index (χ0) is 10.6. The summed E-state index contributed by atoms with van der Waals surface area (Å²) < 4.78 is 1.08. The molecule has 1 aromatic rings. The molecule has 0 saturated carbocycles. The molecule has 0 aliphatic heterocycles. The lowest BCUT2D eigenvalue weighted by Crippen LogP contribution is -2.12. The molecule has 0 spiro atoms. The summed E-state index contributed by atoms with van der Waals surface area (Å²) in [4.78, 5) is 11.4. The number of hydrogen-bond acceptors (Lipinski definition) is 1. The fraction of sp³-hybridized carbons (Fsp3) is 0.417. The van der Waals surface area contributed by atoms with Crippen molar-refractivity contribution >= 4 is 21.7 Å². The van der Waals surface area contributed by atoms with Crippen LogP contribution in [0.5, 0.6) is 0 Å². The van der Waals surface area contributed by atoms with Crippen molar-refractivity contribution < 1.29 is 4.79 Å². The molecule has 0 saturated heterocycles. The highest BCUT2D eigenvalue weighted by Gasteiger charge is 2.10. The van der Waals surface area contributed by atoms with Crippen LogP contribution in [-0.2, 0) is 11.2 Å². The van der Waals surface area contributed by atoms with E-state index in [2.05, 4.69) is 28.1 Å². The molecule has 1 atom stereocenters. The Hall–Kier alpha value is -0.630. The van der Waals surface area contributed by atoms with E-state index >= 15 is 0 Å². The number of carbonyl (C=O) groups is 1. The second-order valence-corrected chi connectivity index (χ2v) is 4.47. The average Bonchev–Trinajstić information content (AvgIpc) is 2.20. The summed E-state index contributed by atoms with van der Waals surface area (Å²) in [6.45, 7) is 3.91. The molecular weight excluding hydrogens is 240 g/mol. The first-order valence-electron chi connectivity index (χ1n) is 4.90. The molecule has 1 unspecified atom stereocenters. The quantitative estimate of drug-likeness (QED) is 0.803. The molecule has 1 aromatic carbocycles. The van der Waals surface area contributed by atoms with Crippen LogP contribution < -0.4 is 0 Å². The molecule has 0 fully saturated rings. The van der Waals surface area contributed by atoms with E-state index in [0.29, 0.717) is 12.2 Å². The van der Waals surface area contributed by atoms with Crippen molar-refractivity contribution in [2.24, 2.45) is 5.92 Å². The minimum absolute atomic E-state index is 0.140. The number of benzene rings is 1. The van der Waals surface area contributed by atoms with E-state index in [1.165, 1.54) is 5.56 Å². The summed E-state index contributed by atoms with van der Waals surface area (Å²) >= 11 is 3.39. The zero-order valence-corrected chi connectivity index (χ0v) is 10.2. The Balaban J connectivity index is 2.60. The Morgan fingerprint density at radius 3 is 2.43 bits per heavy atom. The van der Waals surface area contributed by atoms with Crippen LogP contribution in [0.4, 0.5) is 0 Å². The van der Waals surface area contributed by atoms with Gasteiger partial charge in [0.2, 0.25) is 0 Å². The maximum absolute atomic E-state index is 11.4. The normalized spacial score (nSPS) is 12.5. The first-order chi connectivity index (χ1) is 6.63. The molecule has 0 N–H and O–H groups in total. The van der Waals surface area contributed by atoms with Gasteiger partial charge in [0.25, 0.3) is 0 Å². The van der Waals surface area contributed by atoms with Crippen LogP contribution in [-0.4, -0.2) is 5.78 Å². The maximum atomic E-state index is 11.4. The molecule has 0 radical (unpaired) electrons. The third-order valence-corrected chi connectivity index (χ3v) is 2.88. The van der Waals surface area contributed by atoms with E-state index in [-0.39, 0.29) is 5.92 Å². The molecule has 1 rings (SSSR count). The van der Waals surface area contributed by atoms with Gasteiger partial charge in [-0.2, -0.15) is 0 Å². The van der Waals surface area contributed by atoms with Gasteiger partial charge in [0.05, 0.1) is 0 Å². The SMILES string of the molecule is CCC(=O)C(C)Cc1ccc(Br)cc1. The van der Waals surface area contributed by atoms with Crippen LogP contribution in [0.1, 0.15) is 25.8 Å². The second-order valence-electron chi connectivity index (χ2n) is 3.55. The van der Waals surface area contributed by atoms with Gasteiger partial charge in [-0.3, -0.25) is 4.79 Å². The van der Waals surface area contributed by atoms with Gasteiger partial charge in [-0.25, -0.2) is 0 Å². The van der Waals surface area contributed by atoms with Crippen molar-refractivity contribution in [3.05, 3.63) is 34.3 Å². The Labute approximate surface area is 93.7 Å². The number of rotatable bonds is 4. The maximum Gasteiger partial charge on any atom is 0.135 e. The number of hydrogen-bond donors (Lipinski definition) is 0. The van der Waals surface area contributed by atoms with E-state index in [9.17, 15) is 4.79 Å². The van der Waals surface area contributed by atoms with Gasteiger partial charge >= 0.3 is 0 Å². The summed E-state index contributed by atoms with van der Waals surface area (Å²) in [5.74, 6) is 0.481. The Bertz CT molecular complexity index is 303. The lowest BCUT2D eigenvalue weighted by Gasteiger charge is -2.08. The first kappa shape index (κ1) is 11.4. The van der Waals surface area contributed by atoms with Gasteiger partial charge in [-0.1, -0.05) is 41.9 Å². The van der Waals surface area contributed by atoms with Gasteiger partial charge < -0.3 is 0 Å². The minimum atomic E-state index is 0.140. The smallest absolute Gasteiger partial charge is 0.135 e. The molecule has 76 valence electrons. The van der Waals surface area contributed by atoms with Crippen molar-refractivity contribution in [1.29, 1.82) is 0 Å². The number of halogens is 1. The summed E-state index contributed by atoms with van der Waals surface area (Å²) in [5.41, 5.74) is 1.22. The number of Topliss-reactive ketones (excluding diaryl/α,β-unsaturated/α-hetero) is 1. The van der Waals surface area contributed by atoms with Crippen LogP contribution in [0.25, 0.3) is 0 Å². The van der Waals surface area contributed by atoms with Crippen molar-refractivity contribution in [3.63, 3.8) is 0 Å². The van der Waals surface area contributed by atoms with Gasteiger partial charge in [-0.15, -0.1) is 0 Å². The molecule has 1 nitrogen and oxygen atoms in total. The molecular formula is C12H15BrO. The van der Waals surface area contributed by atoms with Crippen LogP contribution in [0.2, 0.25) is 0 Å². The highest BCUT2D eigenvalue weighted by atomic mass is 79.9. The fourth-order valence-corrected chi connectivity index (χ4v) is 1.70. The molecule has 0 aromatic heterocycles. The summed E-state index contributed by atoms with van der Waals surface area (Å²) in [7, 11) is 0.